The van der Waals surface area contributed by atoms with Gasteiger partial charge < -0.3 is 5.32 Å². The highest BCUT2D eigenvalue weighted by Crippen LogP contribution is 2.21. The quantitative estimate of drug-likeness (QED) is 0.582. The zero-order valence-electron chi connectivity index (χ0n) is 13.8. The van der Waals surface area contributed by atoms with Crippen molar-refractivity contribution >= 4 is 11.6 Å². The number of nitrogens with one attached hydrogen (secondary N) is 2. The number of nitrogens with zero attached hydrogens (tertiary/aromatic N) is 4. The minimum atomic E-state index is -0.225. The predicted octanol–water partition coefficient (Wildman–Crippen LogP) is 2.97. The second kappa shape index (κ2) is 7.02. The van der Waals surface area contributed by atoms with Gasteiger partial charge in [-0.25, -0.2) is 0 Å². The van der Waals surface area contributed by atoms with Crippen molar-refractivity contribution in [3.05, 3.63) is 84.6 Å². The summed E-state index contributed by atoms with van der Waals surface area (Å²) < 4.78 is 1.85. The fraction of sp³-hybridized carbons (Fsp3) is 0.0526. The standard InChI is InChI=1S/C19H16N6O/c26-19(17-12-21-24-18(17)15-3-1-8-20-11-15)23-16-6-4-14(5-7-16)13-25-10-2-9-22-25/h1-12H,13H2,(H,21,24)(H,23,26). The lowest BCUT2D eigenvalue weighted by Gasteiger charge is -2.07. The molecule has 0 aliphatic rings. The molecule has 0 unspecified atom stereocenters. The summed E-state index contributed by atoms with van der Waals surface area (Å²) in [5, 5.41) is 13.9. The van der Waals surface area contributed by atoms with Crippen molar-refractivity contribution in [2.24, 2.45) is 0 Å². The van der Waals surface area contributed by atoms with E-state index in [4.69, 9.17) is 0 Å². The second-order valence-electron chi connectivity index (χ2n) is 5.76. The fourth-order valence-electron chi connectivity index (χ4n) is 2.66. The molecule has 0 aliphatic heterocycles. The Balaban J connectivity index is 1.48. The van der Waals surface area contributed by atoms with Gasteiger partial charge in [0, 0.05) is 36.0 Å². The molecule has 0 saturated heterocycles. The van der Waals surface area contributed by atoms with E-state index in [9.17, 15) is 4.79 Å². The van der Waals surface area contributed by atoms with Crippen molar-refractivity contribution < 1.29 is 4.79 Å². The minimum Gasteiger partial charge on any atom is -0.322 e. The zero-order valence-corrected chi connectivity index (χ0v) is 13.8. The first-order chi connectivity index (χ1) is 12.8. The number of rotatable bonds is 5. The topological polar surface area (TPSA) is 88.5 Å². The van der Waals surface area contributed by atoms with Gasteiger partial charge in [-0.2, -0.15) is 10.2 Å². The molecule has 2 N–H and O–H groups in total. The fourth-order valence-corrected chi connectivity index (χ4v) is 2.66. The number of pyridine rings is 1. The van der Waals surface area contributed by atoms with E-state index in [0.717, 1.165) is 16.8 Å². The SMILES string of the molecule is O=C(Nc1ccc(Cn2cccn2)cc1)c1cn[nH]c1-c1cccnc1. The van der Waals surface area contributed by atoms with E-state index < -0.39 is 0 Å². The van der Waals surface area contributed by atoms with Gasteiger partial charge in [-0.15, -0.1) is 0 Å². The van der Waals surface area contributed by atoms with E-state index in [1.807, 2.05) is 53.3 Å². The lowest BCUT2D eigenvalue weighted by Crippen LogP contribution is -2.12. The average Bonchev–Trinajstić information content (AvgIpc) is 3.36. The number of benzene rings is 1. The van der Waals surface area contributed by atoms with Crippen LogP contribution in [-0.2, 0) is 6.54 Å². The molecular weight excluding hydrogens is 328 g/mol. The van der Waals surface area contributed by atoms with E-state index in [2.05, 4.69) is 25.6 Å². The number of hydrogen-bond acceptors (Lipinski definition) is 4. The summed E-state index contributed by atoms with van der Waals surface area (Å²) in [5.74, 6) is -0.225. The van der Waals surface area contributed by atoms with Crippen molar-refractivity contribution in [1.29, 1.82) is 0 Å². The molecule has 3 heterocycles. The summed E-state index contributed by atoms with van der Waals surface area (Å²) in [6.07, 6.45) is 8.55. The van der Waals surface area contributed by atoms with Crippen LogP contribution in [0.1, 0.15) is 15.9 Å². The van der Waals surface area contributed by atoms with E-state index in [1.165, 1.54) is 6.20 Å². The first-order valence-electron chi connectivity index (χ1n) is 8.11. The van der Waals surface area contributed by atoms with Crippen molar-refractivity contribution in [2.45, 2.75) is 6.54 Å². The van der Waals surface area contributed by atoms with E-state index in [0.29, 0.717) is 17.8 Å². The van der Waals surface area contributed by atoms with E-state index in [1.54, 1.807) is 18.6 Å². The number of hydrogen-bond donors (Lipinski definition) is 2. The van der Waals surface area contributed by atoms with Crippen LogP contribution in [-0.4, -0.2) is 30.9 Å². The van der Waals surface area contributed by atoms with Gasteiger partial charge in [-0.05, 0) is 35.9 Å². The third-order valence-electron chi connectivity index (χ3n) is 3.95. The van der Waals surface area contributed by atoms with Gasteiger partial charge in [0.2, 0.25) is 0 Å². The first kappa shape index (κ1) is 15.8. The van der Waals surface area contributed by atoms with Crippen LogP contribution in [0.5, 0.6) is 0 Å². The Bertz CT molecular complexity index is 990. The Kier molecular flexibility index (Phi) is 4.26. The number of H-pyrrole nitrogens is 1. The summed E-state index contributed by atoms with van der Waals surface area (Å²) in [6.45, 7) is 0.689. The molecule has 0 radical (unpaired) electrons. The average molecular weight is 344 g/mol. The Morgan fingerprint density at radius 1 is 1.08 bits per heavy atom. The summed E-state index contributed by atoms with van der Waals surface area (Å²) in [6, 6.07) is 13.3. The monoisotopic (exact) mass is 344 g/mol. The molecule has 7 nitrogen and oxygen atoms in total. The number of carbonyl (C=O) groups is 1. The van der Waals surface area contributed by atoms with Crippen LogP contribution in [0.2, 0.25) is 0 Å². The highest BCUT2D eigenvalue weighted by molar-refractivity contribution is 6.07. The second-order valence-corrected chi connectivity index (χ2v) is 5.76. The Morgan fingerprint density at radius 3 is 2.69 bits per heavy atom. The smallest absolute Gasteiger partial charge is 0.259 e. The van der Waals surface area contributed by atoms with Gasteiger partial charge >= 0.3 is 0 Å². The van der Waals surface area contributed by atoms with Gasteiger partial charge in [-0.1, -0.05) is 12.1 Å². The largest absolute Gasteiger partial charge is 0.322 e. The molecule has 3 aromatic heterocycles. The highest BCUT2D eigenvalue weighted by Gasteiger charge is 2.15. The summed E-state index contributed by atoms with van der Waals surface area (Å²) >= 11 is 0. The normalized spacial score (nSPS) is 10.6. The third kappa shape index (κ3) is 3.36. The van der Waals surface area contributed by atoms with Crippen molar-refractivity contribution in [3.63, 3.8) is 0 Å². The Morgan fingerprint density at radius 2 is 1.96 bits per heavy atom. The lowest BCUT2D eigenvalue weighted by atomic mass is 10.1. The van der Waals surface area contributed by atoms with Crippen LogP contribution in [0.4, 0.5) is 5.69 Å². The molecule has 4 rings (SSSR count). The molecule has 0 fully saturated rings. The maximum atomic E-state index is 12.6. The molecule has 0 aliphatic carbocycles. The Labute approximate surface area is 149 Å². The van der Waals surface area contributed by atoms with Crippen molar-refractivity contribution in [2.75, 3.05) is 5.32 Å². The minimum absolute atomic E-state index is 0.225. The molecule has 128 valence electrons. The summed E-state index contributed by atoms with van der Waals surface area (Å²) in [4.78, 5) is 16.7. The van der Waals surface area contributed by atoms with Crippen LogP contribution in [0.15, 0.2) is 73.4 Å². The highest BCUT2D eigenvalue weighted by atomic mass is 16.1. The number of amides is 1. The number of anilines is 1. The van der Waals surface area contributed by atoms with Crippen LogP contribution in [0, 0.1) is 0 Å². The molecule has 26 heavy (non-hydrogen) atoms. The summed E-state index contributed by atoms with van der Waals surface area (Å²) in [7, 11) is 0. The molecule has 1 aromatic carbocycles. The number of aromatic nitrogens is 5. The molecule has 0 saturated carbocycles. The maximum absolute atomic E-state index is 12.6. The summed E-state index contributed by atoms with van der Waals surface area (Å²) in [5.41, 5.74) is 3.75. The molecule has 0 spiro atoms. The van der Waals surface area contributed by atoms with Gasteiger partial charge in [-0.3, -0.25) is 19.6 Å². The van der Waals surface area contributed by atoms with Crippen LogP contribution < -0.4 is 5.32 Å². The van der Waals surface area contributed by atoms with Gasteiger partial charge in [0.15, 0.2) is 0 Å². The Hall–Kier alpha value is -3.74. The van der Waals surface area contributed by atoms with Gasteiger partial charge in [0.05, 0.1) is 24.0 Å². The van der Waals surface area contributed by atoms with Crippen LogP contribution in [0.3, 0.4) is 0 Å². The molecule has 4 aromatic rings. The third-order valence-corrected chi connectivity index (χ3v) is 3.95. The predicted molar refractivity (Wildman–Crippen MR) is 97.5 cm³/mol. The van der Waals surface area contributed by atoms with Crippen molar-refractivity contribution in [3.8, 4) is 11.3 Å². The molecule has 1 amide bonds. The van der Waals surface area contributed by atoms with Gasteiger partial charge in [0.1, 0.15) is 0 Å². The van der Waals surface area contributed by atoms with Crippen LogP contribution in [0.25, 0.3) is 11.3 Å². The van der Waals surface area contributed by atoms with Crippen LogP contribution >= 0.6 is 0 Å². The molecule has 0 atom stereocenters. The number of aromatic amines is 1. The molecule has 0 bridgehead atoms. The zero-order chi connectivity index (χ0) is 17.8. The van der Waals surface area contributed by atoms with E-state index >= 15 is 0 Å². The maximum Gasteiger partial charge on any atom is 0.259 e. The molecule has 7 heteroatoms. The lowest BCUT2D eigenvalue weighted by molar-refractivity contribution is 0.102. The van der Waals surface area contributed by atoms with E-state index in [-0.39, 0.29) is 5.91 Å². The van der Waals surface area contributed by atoms with Crippen molar-refractivity contribution in [1.82, 2.24) is 25.0 Å². The molecular formula is C19H16N6O. The first-order valence-corrected chi connectivity index (χ1v) is 8.11. The number of carbonyl (C=O) groups excluding carboxylic acids is 1. The van der Waals surface area contributed by atoms with Gasteiger partial charge in [0.25, 0.3) is 5.91 Å².